The monoisotopic (exact) mass is 326 g/mol. The van der Waals surface area contributed by atoms with E-state index in [2.05, 4.69) is 9.97 Å². The zero-order valence-corrected chi connectivity index (χ0v) is 13.2. The summed E-state index contributed by atoms with van der Waals surface area (Å²) in [6, 6.07) is 3.13. The Morgan fingerprint density at radius 1 is 1.38 bits per heavy atom. The third-order valence-corrected chi connectivity index (χ3v) is 3.61. The molecule has 1 heterocycles. The Morgan fingerprint density at radius 3 is 2.71 bits per heavy atom. The number of aromatic amines is 2. The van der Waals surface area contributed by atoms with Crippen molar-refractivity contribution < 1.29 is 9.84 Å². The Labute approximate surface area is 131 Å². The van der Waals surface area contributed by atoms with Crippen LogP contribution in [0.5, 0.6) is 11.5 Å². The summed E-state index contributed by atoms with van der Waals surface area (Å²) >= 11 is 11.0. The molecule has 0 aliphatic rings. The van der Waals surface area contributed by atoms with Gasteiger partial charge in [-0.25, -0.2) is 0 Å². The second kappa shape index (κ2) is 6.32. The van der Waals surface area contributed by atoms with Crippen LogP contribution in [-0.4, -0.2) is 22.2 Å². The lowest BCUT2D eigenvalue weighted by Gasteiger charge is -2.11. The fraction of sp³-hybridized carbons (Fsp3) is 0.286. The van der Waals surface area contributed by atoms with Crippen molar-refractivity contribution in [2.75, 3.05) is 7.11 Å². The highest BCUT2D eigenvalue weighted by atomic mass is 35.5. The number of aryl methyl sites for hydroxylation is 1. The molecule has 0 saturated heterocycles. The van der Waals surface area contributed by atoms with Crippen LogP contribution in [0.3, 0.4) is 0 Å². The van der Waals surface area contributed by atoms with Gasteiger partial charge < -0.3 is 14.8 Å². The van der Waals surface area contributed by atoms with Gasteiger partial charge in [-0.3, -0.25) is 9.78 Å². The lowest BCUT2D eigenvalue weighted by Crippen LogP contribution is -2.18. The van der Waals surface area contributed by atoms with Crippen LogP contribution in [0.25, 0.3) is 0 Å². The van der Waals surface area contributed by atoms with Gasteiger partial charge in [-0.05, 0) is 24.7 Å². The molecule has 0 unspecified atom stereocenters. The van der Waals surface area contributed by atoms with Gasteiger partial charge in [0.1, 0.15) is 0 Å². The average Bonchev–Trinajstić information content (AvgIpc) is 2.44. The first-order chi connectivity index (χ1) is 9.96. The number of hydrogen-bond acceptors (Lipinski definition) is 4. The van der Waals surface area contributed by atoms with E-state index in [-0.39, 0.29) is 28.3 Å². The van der Waals surface area contributed by atoms with Gasteiger partial charge in [-0.1, -0.05) is 18.5 Å². The van der Waals surface area contributed by atoms with E-state index < -0.39 is 0 Å². The molecule has 0 radical (unpaired) electrons. The molecular weight excluding hydrogens is 312 g/mol. The number of rotatable bonds is 4. The Kier molecular flexibility index (Phi) is 4.69. The number of ether oxygens (including phenoxy) is 1. The second-order valence-electron chi connectivity index (χ2n) is 4.51. The summed E-state index contributed by atoms with van der Waals surface area (Å²) in [7, 11) is 1.44. The SMILES string of the molecule is CCc1[nH]c(=S)[nH]c(=O)c1Cc1cc(Cl)cc(OC)c1O. The van der Waals surface area contributed by atoms with Crippen LogP contribution in [0.4, 0.5) is 0 Å². The zero-order valence-electron chi connectivity index (χ0n) is 11.6. The minimum absolute atomic E-state index is 0.0224. The van der Waals surface area contributed by atoms with Crippen molar-refractivity contribution in [2.45, 2.75) is 19.8 Å². The van der Waals surface area contributed by atoms with E-state index in [0.717, 1.165) is 5.69 Å². The molecule has 5 nitrogen and oxygen atoms in total. The van der Waals surface area contributed by atoms with Gasteiger partial charge in [0, 0.05) is 34.3 Å². The molecule has 0 amide bonds. The molecule has 2 rings (SSSR count). The lowest BCUT2D eigenvalue weighted by atomic mass is 10.0. The number of aromatic hydroxyl groups is 1. The van der Waals surface area contributed by atoms with Gasteiger partial charge in [0.05, 0.1) is 7.11 Å². The quantitative estimate of drug-likeness (QED) is 0.755. The third-order valence-electron chi connectivity index (χ3n) is 3.19. The number of methoxy groups -OCH3 is 1. The number of aromatic nitrogens is 2. The van der Waals surface area contributed by atoms with Gasteiger partial charge in [-0.2, -0.15) is 0 Å². The standard InChI is InChI=1S/C14H15ClN2O3S/c1-3-10-9(13(19)17-14(21)16-10)5-7-4-8(15)6-11(20-2)12(7)18/h4,6,18H,3,5H2,1-2H3,(H2,16,17,19,21). The molecule has 0 saturated carbocycles. The van der Waals surface area contributed by atoms with E-state index in [1.54, 1.807) is 6.07 Å². The highest BCUT2D eigenvalue weighted by molar-refractivity contribution is 7.71. The molecular formula is C14H15ClN2O3S. The van der Waals surface area contributed by atoms with E-state index in [1.165, 1.54) is 13.2 Å². The van der Waals surface area contributed by atoms with E-state index in [0.29, 0.717) is 22.6 Å². The largest absolute Gasteiger partial charge is 0.504 e. The minimum Gasteiger partial charge on any atom is -0.504 e. The van der Waals surface area contributed by atoms with Crippen molar-refractivity contribution in [2.24, 2.45) is 0 Å². The van der Waals surface area contributed by atoms with E-state index in [4.69, 9.17) is 28.6 Å². The summed E-state index contributed by atoms with van der Waals surface area (Å²) in [5.74, 6) is 0.252. The zero-order chi connectivity index (χ0) is 15.6. The summed E-state index contributed by atoms with van der Waals surface area (Å²) in [6.07, 6.45) is 0.856. The third kappa shape index (κ3) is 3.28. The van der Waals surface area contributed by atoms with E-state index >= 15 is 0 Å². The van der Waals surface area contributed by atoms with Gasteiger partial charge in [-0.15, -0.1) is 0 Å². The van der Waals surface area contributed by atoms with Crippen LogP contribution in [-0.2, 0) is 12.8 Å². The first-order valence-electron chi connectivity index (χ1n) is 6.36. The topological polar surface area (TPSA) is 78.1 Å². The van der Waals surface area contributed by atoms with Crippen molar-refractivity contribution in [3.63, 3.8) is 0 Å². The molecule has 3 N–H and O–H groups in total. The number of nitrogens with one attached hydrogen (secondary N) is 2. The Hall–Kier alpha value is -1.79. The fourth-order valence-electron chi connectivity index (χ4n) is 2.16. The first kappa shape index (κ1) is 15.6. The van der Waals surface area contributed by atoms with Crippen LogP contribution in [0.1, 0.15) is 23.7 Å². The Balaban J connectivity index is 2.55. The predicted octanol–water partition coefficient (Wildman–Crippen LogP) is 2.95. The average molecular weight is 327 g/mol. The maximum atomic E-state index is 12.1. The molecule has 0 aliphatic heterocycles. The van der Waals surface area contributed by atoms with Gasteiger partial charge in [0.2, 0.25) is 0 Å². The molecule has 112 valence electrons. The first-order valence-corrected chi connectivity index (χ1v) is 7.14. The minimum atomic E-state index is -0.269. The van der Waals surface area contributed by atoms with E-state index in [9.17, 15) is 9.90 Å². The van der Waals surface area contributed by atoms with Gasteiger partial charge >= 0.3 is 0 Å². The molecule has 0 atom stereocenters. The highest BCUT2D eigenvalue weighted by Gasteiger charge is 2.14. The number of phenols is 1. The highest BCUT2D eigenvalue weighted by Crippen LogP contribution is 2.34. The maximum Gasteiger partial charge on any atom is 0.255 e. The van der Waals surface area contributed by atoms with Crippen molar-refractivity contribution in [1.82, 2.24) is 9.97 Å². The normalized spacial score (nSPS) is 10.6. The molecule has 2 aromatic rings. The molecule has 0 aliphatic carbocycles. The van der Waals surface area contributed by atoms with Crippen molar-refractivity contribution in [1.29, 1.82) is 0 Å². The smallest absolute Gasteiger partial charge is 0.255 e. The molecule has 21 heavy (non-hydrogen) atoms. The molecule has 1 aromatic heterocycles. The van der Waals surface area contributed by atoms with Crippen LogP contribution in [0.15, 0.2) is 16.9 Å². The number of H-pyrrole nitrogens is 2. The summed E-state index contributed by atoms with van der Waals surface area (Å²) in [5.41, 5.74) is 1.51. The summed E-state index contributed by atoms with van der Waals surface area (Å²) in [4.78, 5) is 17.6. The summed E-state index contributed by atoms with van der Waals surface area (Å²) in [6.45, 7) is 1.92. The van der Waals surface area contributed by atoms with Crippen LogP contribution in [0, 0.1) is 4.77 Å². The maximum absolute atomic E-state index is 12.1. The molecule has 7 heteroatoms. The number of benzene rings is 1. The predicted molar refractivity (Wildman–Crippen MR) is 84.1 cm³/mol. The van der Waals surface area contributed by atoms with Crippen molar-refractivity contribution in [3.05, 3.63) is 49.1 Å². The Morgan fingerprint density at radius 2 is 2.10 bits per heavy atom. The van der Waals surface area contributed by atoms with Crippen LogP contribution in [0.2, 0.25) is 5.02 Å². The summed E-state index contributed by atoms with van der Waals surface area (Å²) < 4.78 is 5.35. The number of halogens is 1. The second-order valence-corrected chi connectivity index (χ2v) is 5.36. The van der Waals surface area contributed by atoms with Crippen LogP contribution < -0.4 is 10.3 Å². The van der Waals surface area contributed by atoms with Gasteiger partial charge in [0.15, 0.2) is 16.3 Å². The molecule has 0 fully saturated rings. The number of phenolic OH excluding ortho intramolecular Hbond substituents is 1. The van der Waals surface area contributed by atoms with Crippen LogP contribution >= 0.6 is 23.8 Å². The summed E-state index contributed by atoms with van der Waals surface area (Å²) in [5, 5.41) is 10.6. The lowest BCUT2D eigenvalue weighted by molar-refractivity contribution is 0.371. The van der Waals surface area contributed by atoms with Gasteiger partial charge in [0.25, 0.3) is 5.56 Å². The number of hydrogen-bond donors (Lipinski definition) is 3. The molecule has 0 spiro atoms. The fourth-order valence-corrected chi connectivity index (χ4v) is 2.60. The molecule has 0 bridgehead atoms. The van der Waals surface area contributed by atoms with E-state index in [1.807, 2.05) is 6.92 Å². The Bertz CT molecular complexity index is 783. The van der Waals surface area contributed by atoms with Crippen molar-refractivity contribution >= 4 is 23.8 Å². The van der Waals surface area contributed by atoms with Crippen molar-refractivity contribution in [3.8, 4) is 11.5 Å². The molecule has 1 aromatic carbocycles.